The van der Waals surface area contributed by atoms with Crippen molar-refractivity contribution in [2.75, 3.05) is 11.9 Å². The number of hydrogen-bond donors (Lipinski definition) is 2. The number of H-pyrrole nitrogens is 1. The number of fused-ring (bicyclic) bond motifs is 2. The standard InChI is InChI=1S/C25H20N4O2/c1-29-21-14-8-6-12-18(21)22(16-9-3-2-4-10-16)27-23(25(29)31)28-24(30)19-15-26-20-13-7-5-11-17(19)20/h2-15,23,26H,1H3,(H,28,30). The molecule has 0 aliphatic carbocycles. The van der Waals surface area contributed by atoms with Gasteiger partial charge in [-0.3, -0.25) is 9.59 Å². The maximum absolute atomic E-state index is 13.2. The number of carbonyl (C=O) groups excluding carboxylic acids is 2. The molecule has 3 aromatic carbocycles. The van der Waals surface area contributed by atoms with Crippen LogP contribution in [0.1, 0.15) is 21.5 Å². The van der Waals surface area contributed by atoms with Crippen molar-refractivity contribution in [3.8, 4) is 0 Å². The number of benzodiazepines with no additional fused rings is 1. The first-order valence-corrected chi connectivity index (χ1v) is 10.0. The third kappa shape index (κ3) is 3.28. The molecule has 0 saturated heterocycles. The fourth-order valence-electron chi connectivity index (χ4n) is 3.90. The summed E-state index contributed by atoms with van der Waals surface area (Å²) in [5.74, 6) is -0.655. The van der Waals surface area contributed by atoms with Crippen LogP contribution >= 0.6 is 0 Å². The summed E-state index contributed by atoms with van der Waals surface area (Å²) in [6.45, 7) is 0. The molecule has 2 heterocycles. The molecule has 6 nitrogen and oxygen atoms in total. The van der Waals surface area contributed by atoms with Crippen LogP contribution in [0.25, 0.3) is 10.9 Å². The predicted octanol–water partition coefficient (Wildman–Crippen LogP) is 3.74. The van der Waals surface area contributed by atoms with E-state index in [-0.39, 0.29) is 11.8 Å². The van der Waals surface area contributed by atoms with Gasteiger partial charge in [-0.2, -0.15) is 0 Å². The molecule has 1 aromatic heterocycles. The Hall–Kier alpha value is -4.19. The quantitative estimate of drug-likeness (QED) is 0.542. The molecule has 2 amide bonds. The fraction of sp³-hybridized carbons (Fsp3) is 0.0800. The van der Waals surface area contributed by atoms with Gasteiger partial charge in [0.25, 0.3) is 11.8 Å². The number of nitrogens with one attached hydrogen (secondary N) is 2. The minimum Gasteiger partial charge on any atom is -0.360 e. The van der Waals surface area contributed by atoms with Gasteiger partial charge in [-0.1, -0.05) is 66.7 Å². The lowest BCUT2D eigenvalue weighted by atomic mass is 10.0. The van der Waals surface area contributed by atoms with Gasteiger partial charge in [-0.15, -0.1) is 0 Å². The first-order valence-electron chi connectivity index (χ1n) is 10.0. The van der Waals surface area contributed by atoms with Crippen LogP contribution in [0, 0.1) is 0 Å². The molecule has 0 fully saturated rings. The normalized spacial score (nSPS) is 15.9. The van der Waals surface area contributed by atoms with E-state index in [9.17, 15) is 9.59 Å². The van der Waals surface area contributed by atoms with Crippen LogP contribution in [-0.4, -0.2) is 35.7 Å². The number of anilines is 1. The van der Waals surface area contributed by atoms with Crippen LogP contribution in [0.5, 0.6) is 0 Å². The third-order valence-electron chi connectivity index (χ3n) is 5.49. The third-order valence-corrected chi connectivity index (χ3v) is 5.49. The summed E-state index contributed by atoms with van der Waals surface area (Å²) < 4.78 is 0. The zero-order valence-electron chi connectivity index (χ0n) is 16.9. The van der Waals surface area contributed by atoms with Crippen LogP contribution in [-0.2, 0) is 4.79 Å². The second-order valence-corrected chi connectivity index (χ2v) is 7.38. The Balaban J connectivity index is 1.58. The van der Waals surface area contributed by atoms with E-state index >= 15 is 0 Å². The summed E-state index contributed by atoms with van der Waals surface area (Å²) in [5.41, 5.74) is 4.47. The number of benzene rings is 3. The van der Waals surface area contributed by atoms with E-state index in [0.717, 1.165) is 27.7 Å². The summed E-state index contributed by atoms with van der Waals surface area (Å²) in [6, 6.07) is 24.9. The molecule has 1 aliphatic rings. The molecule has 0 saturated carbocycles. The number of aliphatic imine (C=N–C) groups is 1. The second-order valence-electron chi connectivity index (χ2n) is 7.38. The second kappa shape index (κ2) is 7.57. The van der Waals surface area contributed by atoms with Gasteiger partial charge >= 0.3 is 0 Å². The highest BCUT2D eigenvalue weighted by Crippen LogP contribution is 2.27. The fourth-order valence-corrected chi connectivity index (χ4v) is 3.90. The highest BCUT2D eigenvalue weighted by molar-refractivity contribution is 6.20. The summed E-state index contributed by atoms with van der Waals surface area (Å²) in [4.78, 5) is 35.7. The summed E-state index contributed by atoms with van der Waals surface area (Å²) in [5, 5.41) is 3.63. The Bertz CT molecular complexity index is 1320. The van der Waals surface area contributed by atoms with Crippen LogP contribution in [0.4, 0.5) is 5.69 Å². The predicted molar refractivity (Wildman–Crippen MR) is 121 cm³/mol. The molecule has 4 aromatic rings. The number of para-hydroxylation sites is 2. The van der Waals surface area contributed by atoms with Gasteiger partial charge in [-0.05, 0) is 12.1 Å². The smallest absolute Gasteiger partial charge is 0.272 e. The van der Waals surface area contributed by atoms with E-state index in [1.165, 1.54) is 0 Å². The number of likely N-dealkylation sites (N-methyl/N-ethyl adjacent to an activating group) is 1. The largest absolute Gasteiger partial charge is 0.360 e. The van der Waals surface area contributed by atoms with E-state index < -0.39 is 6.17 Å². The Kier molecular flexibility index (Phi) is 4.59. The summed E-state index contributed by atoms with van der Waals surface area (Å²) in [7, 11) is 1.70. The van der Waals surface area contributed by atoms with Crippen molar-refractivity contribution in [3.63, 3.8) is 0 Å². The zero-order chi connectivity index (χ0) is 21.4. The van der Waals surface area contributed by atoms with Crippen LogP contribution < -0.4 is 10.2 Å². The number of amides is 2. The SMILES string of the molecule is CN1C(=O)C(NC(=O)c2c[nH]c3ccccc23)N=C(c2ccccc2)c2ccccc21. The minimum absolute atomic E-state index is 0.299. The van der Waals surface area contributed by atoms with E-state index in [0.29, 0.717) is 11.3 Å². The first kappa shape index (κ1) is 18.8. The number of aromatic amines is 1. The molecule has 2 N–H and O–H groups in total. The van der Waals surface area contributed by atoms with Gasteiger partial charge in [0, 0.05) is 35.3 Å². The van der Waals surface area contributed by atoms with Gasteiger partial charge in [0.1, 0.15) is 0 Å². The molecule has 31 heavy (non-hydrogen) atoms. The number of hydrogen-bond acceptors (Lipinski definition) is 3. The van der Waals surface area contributed by atoms with Crippen molar-refractivity contribution in [2.45, 2.75) is 6.17 Å². The molecular formula is C25H20N4O2. The van der Waals surface area contributed by atoms with Crippen molar-refractivity contribution in [1.82, 2.24) is 10.3 Å². The lowest BCUT2D eigenvalue weighted by Gasteiger charge is -2.20. The molecule has 0 spiro atoms. The Morgan fingerprint density at radius 2 is 1.68 bits per heavy atom. The van der Waals surface area contributed by atoms with Crippen molar-refractivity contribution >= 4 is 34.1 Å². The molecule has 152 valence electrons. The Labute approximate surface area is 179 Å². The molecule has 1 atom stereocenters. The van der Waals surface area contributed by atoms with Gasteiger partial charge in [0.2, 0.25) is 6.17 Å². The topological polar surface area (TPSA) is 77.6 Å². The minimum atomic E-state index is -1.05. The lowest BCUT2D eigenvalue weighted by Crippen LogP contribution is -2.46. The van der Waals surface area contributed by atoms with E-state index in [1.807, 2.05) is 78.9 Å². The molecule has 1 unspecified atom stereocenters. The molecule has 0 radical (unpaired) electrons. The van der Waals surface area contributed by atoms with Crippen molar-refractivity contribution < 1.29 is 9.59 Å². The highest BCUT2D eigenvalue weighted by Gasteiger charge is 2.31. The number of nitrogens with zero attached hydrogens (tertiary/aromatic N) is 2. The van der Waals surface area contributed by atoms with E-state index in [4.69, 9.17) is 4.99 Å². The Morgan fingerprint density at radius 1 is 0.968 bits per heavy atom. The van der Waals surface area contributed by atoms with Gasteiger partial charge in [0.05, 0.1) is 17.0 Å². The average molecular weight is 408 g/mol. The van der Waals surface area contributed by atoms with Crippen LogP contribution in [0.15, 0.2) is 90.1 Å². The number of aromatic nitrogens is 1. The number of carbonyl (C=O) groups is 2. The molecule has 1 aliphatic heterocycles. The highest BCUT2D eigenvalue weighted by atomic mass is 16.2. The van der Waals surface area contributed by atoms with E-state index in [1.54, 1.807) is 18.1 Å². The van der Waals surface area contributed by atoms with Gasteiger partial charge in [0.15, 0.2) is 0 Å². The Morgan fingerprint density at radius 3 is 2.52 bits per heavy atom. The molecule has 5 rings (SSSR count). The zero-order valence-corrected chi connectivity index (χ0v) is 16.9. The van der Waals surface area contributed by atoms with E-state index in [2.05, 4.69) is 10.3 Å². The van der Waals surface area contributed by atoms with Crippen molar-refractivity contribution in [1.29, 1.82) is 0 Å². The summed E-state index contributed by atoms with van der Waals surface area (Å²) in [6.07, 6.45) is 0.607. The lowest BCUT2D eigenvalue weighted by molar-refractivity contribution is -0.119. The van der Waals surface area contributed by atoms with Crippen LogP contribution in [0.2, 0.25) is 0 Å². The molecular weight excluding hydrogens is 388 g/mol. The maximum Gasteiger partial charge on any atom is 0.272 e. The number of rotatable bonds is 3. The van der Waals surface area contributed by atoms with Gasteiger partial charge in [-0.25, -0.2) is 4.99 Å². The molecule has 6 heteroatoms. The van der Waals surface area contributed by atoms with Crippen molar-refractivity contribution in [2.24, 2.45) is 4.99 Å². The van der Waals surface area contributed by atoms with Crippen LogP contribution in [0.3, 0.4) is 0 Å². The molecule has 0 bridgehead atoms. The maximum atomic E-state index is 13.2. The first-order chi connectivity index (χ1) is 15.1. The summed E-state index contributed by atoms with van der Waals surface area (Å²) >= 11 is 0. The van der Waals surface area contributed by atoms with Crippen molar-refractivity contribution in [3.05, 3.63) is 102 Å². The monoisotopic (exact) mass is 408 g/mol. The van der Waals surface area contributed by atoms with Gasteiger partial charge < -0.3 is 15.2 Å². The average Bonchev–Trinajstić information content (AvgIpc) is 3.22.